The van der Waals surface area contributed by atoms with Gasteiger partial charge in [-0.2, -0.15) is 0 Å². The molecule has 2 N–H and O–H groups in total. The highest BCUT2D eigenvalue weighted by Crippen LogP contribution is 2.46. The van der Waals surface area contributed by atoms with E-state index in [0.717, 1.165) is 19.3 Å². The van der Waals surface area contributed by atoms with Crippen LogP contribution in [0.4, 0.5) is 0 Å². The lowest BCUT2D eigenvalue weighted by atomic mass is 9.63. The summed E-state index contributed by atoms with van der Waals surface area (Å²) >= 11 is 0. The summed E-state index contributed by atoms with van der Waals surface area (Å²) in [6.45, 7) is 10.5. The van der Waals surface area contributed by atoms with Crippen molar-refractivity contribution in [1.82, 2.24) is 0 Å². The molecule has 2 saturated heterocycles. The number of esters is 1. The summed E-state index contributed by atoms with van der Waals surface area (Å²) < 4.78 is 22.9. The third-order valence-electron chi connectivity index (χ3n) is 8.73. The van der Waals surface area contributed by atoms with Gasteiger partial charge in [-0.05, 0) is 63.2 Å². The molecule has 0 saturated carbocycles. The summed E-state index contributed by atoms with van der Waals surface area (Å²) in [6.07, 6.45) is 6.08. The third kappa shape index (κ3) is 6.02. The van der Waals surface area contributed by atoms with Crippen molar-refractivity contribution in [2.24, 2.45) is 29.6 Å². The molecule has 7 nitrogen and oxygen atoms in total. The zero-order chi connectivity index (χ0) is 25.3. The highest BCUT2D eigenvalue weighted by molar-refractivity contribution is 5.66. The molecule has 2 aliphatic heterocycles. The van der Waals surface area contributed by atoms with Crippen molar-refractivity contribution in [3.63, 3.8) is 0 Å². The zero-order valence-corrected chi connectivity index (χ0v) is 21.9. The van der Waals surface area contributed by atoms with Gasteiger partial charge in [-0.25, -0.2) is 0 Å². The van der Waals surface area contributed by atoms with Crippen LogP contribution in [-0.2, 0) is 23.7 Å². The van der Waals surface area contributed by atoms with Crippen molar-refractivity contribution in [3.05, 3.63) is 23.3 Å². The SMILES string of the molecule is CC(=O)O[C@@H]1C2CO[C@H]([C@H](C)CCCC(C)[C@@H]3CC=C(C)[C@H]4CCC(C)=C[C@H]43)O[C@H](O2)C(O)C1O. The Bertz CT molecular complexity index is 807. The highest BCUT2D eigenvalue weighted by Gasteiger charge is 2.50. The lowest BCUT2D eigenvalue weighted by Gasteiger charge is -2.42. The van der Waals surface area contributed by atoms with Gasteiger partial charge in [0.25, 0.3) is 0 Å². The highest BCUT2D eigenvalue weighted by atomic mass is 16.8. The first-order valence-electron chi connectivity index (χ1n) is 13.5. The zero-order valence-electron chi connectivity index (χ0n) is 21.9. The van der Waals surface area contributed by atoms with E-state index >= 15 is 0 Å². The molecule has 4 aliphatic rings. The van der Waals surface area contributed by atoms with Gasteiger partial charge in [0.1, 0.15) is 18.3 Å². The van der Waals surface area contributed by atoms with Crippen molar-refractivity contribution < 1.29 is 34.0 Å². The number of ether oxygens (including phenoxy) is 4. The molecule has 0 aromatic heterocycles. The minimum absolute atomic E-state index is 0.0970. The van der Waals surface area contributed by atoms with E-state index < -0.39 is 43.0 Å². The van der Waals surface area contributed by atoms with Gasteiger partial charge in [0.2, 0.25) is 0 Å². The largest absolute Gasteiger partial charge is 0.457 e. The second-order valence-electron chi connectivity index (χ2n) is 11.4. The maximum Gasteiger partial charge on any atom is 0.303 e. The molecule has 198 valence electrons. The van der Waals surface area contributed by atoms with Crippen molar-refractivity contribution in [3.8, 4) is 0 Å². The van der Waals surface area contributed by atoms with E-state index in [-0.39, 0.29) is 12.5 Å². The van der Waals surface area contributed by atoms with E-state index in [4.69, 9.17) is 18.9 Å². The van der Waals surface area contributed by atoms with E-state index in [1.54, 1.807) is 11.1 Å². The number of hydrogen-bond donors (Lipinski definition) is 2. The molecule has 35 heavy (non-hydrogen) atoms. The van der Waals surface area contributed by atoms with Crippen LogP contribution in [0.2, 0.25) is 0 Å². The van der Waals surface area contributed by atoms with Crippen LogP contribution >= 0.6 is 0 Å². The Balaban J connectivity index is 1.30. The minimum atomic E-state index is -1.31. The molecular formula is C28H44O7. The number of carbonyl (C=O) groups is 1. The summed E-state index contributed by atoms with van der Waals surface area (Å²) in [5, 5.41) is 20.9. The van der Waals surface area contributed by atoms with Crippen LogP contribution in [0.15, 0.2) is 23.3 Å². The van der Waals surface area contributed by atoms with Crippen molar-refractivity contribution in [2.75, 3.05) is 6.61 Å². The van der Waals surface area contributed by atoms with Crippen LogP contribution in [0.1, 0.15) is 73.1 Å². The molecule has 11 atom stereocenters. The number of fused-ring (bicyclic) bond motifs is 3. The summed E-state index contributed by atoms with van der Waals surface area (Å²) in [5.74, 6) is 2.28. The third-order valence-corrected chi connectivity index (χ3v) is 8.73. The van der Waals surface area contributed by atoms with E-state index in [1.807, 2.05) is 0 Å². The number of hydrogen-bond acceptors (Lipinski definition) is 7. The maximum atomic E-state index is 11.4. The van der Waals surface area contributed by atoms with Crippen LogP contribution in [0, 0.1) is 29.6 Å². The van der Waals surface area contributed by atoms with Gasteiger partial charge in [0, 0.05) is 12.8 Å². The Morgan fingerprint density at radius 1 is 1.14 bits per heavy atom. The van der Waals surface area contributed by atoms with Gasteiger partial charge >= 0.3 is 5.97 Å². The van der Waals surface area contributed by atoms with E-state index in [0.29, 0.717) is 23.7 Å². The molecule has 4 unspecified atom stereocenters. The Hall–Kier alpha value is -1.25. The summed E-state index contributed by atoms with van der Waals surface area (Å²) in [4.78, 5) is 11.4. The molecule has 2 aliphatic carbocycles. The molecule has 7 heteroatoms. The summed E-state index contributed by atoms with van der Waals surface area (Å²) in [6, 6.07) is 0. The number of aliphatic hydroxyl groups excluding tert-OH is 2. The van der Waals surface area contributed by atoms with Crippen LogP contribution in [0.25, 0.3) is 0 Å². The molecule has 0 amide bonds. The second-order valence-corrected chi connectivity index (χ2v) is 11.4. The topological polar surface area (TPSA) is 94.5 Å². The van der Waals surface area contributed by atoms with E-state index in [1.165, 1.54) is 26.2 Å². The molecular weight excluding hydrogens is 448 g/mol. The second kappa shape index (κ2) is 11.4. The maximum absolute atomic E-state index is 11.4. The van der Waals surface area contributed by atoms with Gasteiger partial charge in [-0.15, -0.1) is 0 Å². The number of rotatable bonds is 7. The monoisotopic (exact) mass is 492 g/mol. The molecule has 0 aromatic carbocycles. The molecule has 2 bridgehead atoms. The lowest BCUT2D eigenvalue weighted by Crippen LogP contribution is -2.59. The first-order chi connectivity index (χ1) is 16.7. The van der Waals surface area contributed by atoms with Crippen LogP contribution < -0.4 is 0 Å². The number of allylic oxidation sites excluding steroid dienone is 4. The van der Waals surface area contributed by atoms with Crippen LogP contribution in [0.5, 0.6) is 0 Å². The molecule has 2 fully saturated rings. The molecule has 0 aromatic rings. The fourth-order valence-corrected chi connectivity index (χ4v) is 6.56. The standard InChI is InChI=1S/C28H44O7/c1-15-9-11-20-17(3)10-12-21(22(20)13-15)16(2)7-6-8-18(4)27-32-14-23-26(33-19(5)29)24(30)25(31)28(34-23)35-27/h10,13,16,18,20-28,30-31H,6-9,11-12,14H2,1-5H3/t16?,18-,20-,21+,22-,23?,24?,25?,26-,27+,28+/m1/s1. The van der Waals surface area contributed by atoms with Gasteiger partial charge in [0.05, 0.1) is 6.61 Å². The summed E-state index contributed by atoms with van der Waals surface area (Å²) in [7, 11) is 0. The average molecular weight is 493 g/mol. The fourth-order valence-electron chi connectivity index (χ4n) is 6.56. The van der Waals surface area contributed by atoms with Gasteiger partial charge < -0.3 is 29.2 Å². The predicted octanol–water partition coefficient (Wildman–Crippen LogP) is 4.12. The Morgan fingerprint density at radius 3 is 2.63 bits per heavy atom. The van der Waals surface area contributed by atoms with Crippen molar-refractivity contribution >= 4 is 5.97 Å². The van der Waals surface area contributed by atoms with Gasteiger partial charge in [-0.1, -0.05) is 50.0 Å². The molecule has 0 spiro atoms. The summed E-state index contributed by atoms with van der Waals surface area (Å²) in [5.41, 5.74) is 3.12. The van der Waals surface area contributed by atoms with Crippen molar-refractivity contribution in [2.45, 2.75) is 110 Å². The molecule has 2 heterocycles. The number of carbonyl (C=O) groups excluding carboxylic acids is 1. The first-order valence-corrected chi connectivity index (χ1v) is 13.5. The van der Waals surface area contributed by atoms with Crippen LogP contribution in [0.3, 0.4) is 0 Å². The first kappa shape index (κ1) is 26.8. The minimum Gasteiger partial charge on any atom is -0.457 e. The Morgan fingerprint density at radius 2 is 1.89 bits per heavy atom. The van der Waals surface area contributed by atoms with Crippen molar-refractivity contribution in [1.29, 1.82) is 0 Å². The fraction of sp³-hybridized carbons (Fsp3) is 0.821. The van der Waals surface area contributed by atoms with Gasteiger partial charge in [0.15, 0.2) is 18.7 Å². The average Bonchev–Trinajstić information content (AvgIpc) is 3.02. The Kier molecular flexibility index (Phi) is 8.75. The predicted molar refractivity (Wildman–Crippen MR) is 131 cm³/mol. The normalized spacial score (nSPS) is 41.1. The quantitative estimate of drug-likeness (QED) is 0.408. The van der Waals surface area contributed by atoms with E-state index in [9.17, 15) is 15.0 Å². The van der Waals surface area contributed by atoms with E-state index in [2.05, 4.69) is 39.8 Å². The van der Waals surface area contributed by atoms with Gasteiger partial charge in [-0.3, -0.25) is 4.79 Å². The van der Waals surface area contributed by atoms with Crippen LogP contribution in [-0.4, -0.2) is 59.8 Å². The number of aliphatic hydroxyl groups is 2. The Labute approximate surface area is 209 Å². The lowest BCUT2D eigenvalue weighted by molar-refractivity contribution is -0.306. The molecule has 0 radical (unpaired) electrons. The smallest absolute Gasteiger partial charge is 0.303 e. The molecule has 4 rings (SSSR count).